The van der Waals surface area contributed by atoms with Crippen molar-refractivity contribution in [1.29, 1.82) is 0 Å². The molecule has 14 heavy (non-hydrogen) atoms. The van der Waals surface area contributed by atoms with E-state index in [1.807, 2.05) is 0 Å². The average molecular weight is 211 g/mol. The minimum Gasteiger partial charge on any atom is -0.481 e. The summed E-state index contributed by atoms with van der Waals surface area (Å²) in [5.41, 5.74) is 1.28. The normalized spacial score (nSPS) is 10.6. The molecular weight excluding hydrogens is 204 g/mol. The lowest BCUT2D eigenvalue weighted by atomic mass is 10.1. The van der Waals surface area contributed by atoms with Crippen LogP contribution in [-0.2, 0) is 11.2 Å². The number of pyridine rings is 1. The number of rotatable bonds is 2. The molecule has 0 aliphatic rings. The summed E-state index contributed by atoms with van der Waals surface area (Å²) in [6.07, 6.45) is 3.15. The summed E-state index contributed by atoms with van der Waals surface area (Å²) in [4.78, 5) is 17.5. The molecule has 0 aliphatic carbocycles. The van der Waals surface area contributed by atoms with Gasteiger partial charge >= 0.3 is 5.97 Å². The van der Waals surface area contributed by atoms with E-state index in [1.54, 1.807) is 18.5 Å². The van der Waals surface area contributed by atoms with E-state index in [4.69, 9.17) is 16.7 Å². The molecule has 0 atom stereocenters. The number of carbonyl (C=O) groups is 1. The summed E-state index contributed by atoms with van der Waals surface area (Å²) < 4.78 is 0. The lowest BCUT2D eigenvalue weighted by molar-refractivity contribution is -0.136. The van der Waals surface area contributed by atoms with Crippen molar-refractivity contribution in [2.45, 2.75) is 6.42 Å². The van der Waals surface area contributed by atoms with Crippen LogP contribution in [0.3, 0.4) is 0 Å². The fraction of sp³-hybridized carbons (Fsp3) is 0.111. The van der Waals surface area contributed by atoms with E-state index < -0.39 is 5.97 Å². The van der Waals surface area contributed by atoms with Gasteiger partial charge in [-0.25, -0.2) is 4.98 Å². The van der Waals surface area contributed by atoms with E-state index in [0.29, 0.717) is 21.6 Å². The number of hydrogen-bond acceptors (Lipinski definition) is 2. The van der Waals surface area contributed by atoms with Gasteiger partial charge in [-0.1, -0.05) is 11.6 Å². The third-order valence-corrected chi connectivity index (χ3v) is 2.26. The molecule has 2 heterocycles. The van der Waals surface area contributed by atoms with E-state index >= 15 is 0 Å². The van der Waals surface area contributed by atoms with Crippen molar-refractivity contribution in [3.63, 3.8) is 0 Å². The number of nitrogens with one attached hydrogen (secondary N) is 1. The second-order valence-electron chi connectivity index (χ2n) is 2.90. The number of fused-ring (bicyclic) bond motifs is 1. The Morgan fingerprint density at radius 3 is 3.14 bits per heavy atom. The lowest BCUT2D eigenvalue weighted by Gasteiger charge is -1.96. The van der Waals surface area contributed by atoms with Crippen LogP contribution in [0.25, 0.3) is 11.0 Å². The Morgan fingerprint density at radius 1 is 1.64 bits per heavy atom. The van der Waals surface area contributed by atoms with Crippen molar-refractivity contribution in [1.82, 2.24) is 9.97 Å². The SMILES string of the molecule is O=C(O)Cc1c[nH]c2nccc(Cl)c12. The number of carboxylic acids is 1. The highest BCUT2D eigenvalue weighted by Gasteiger charge is 2.10. The summed E-state index contributed by atoms with van der Waals surface area (Å²) in [5, 5.41) is 9.87. The molecule has 0 spiro atoms. The van der Waals surface area contributed by atoms with Crippen molar-refractivity contribution in [2.24, 2.45) is 0 Å². The molecule has 2 aromatic rings. The monoisotopic (exact) mass is 210 g/mol. The van der Waals surface area contributed by atoms with Crippen molar-refractivity contribution in [2.75, 3.05) is 0 Å². The maximum atomic E-state index is 10.5. The standard InChI is InChI=1S/C9H7ClN2O2/c10-6-1-2-11-9-8(6)5(4-12-9)3-7(13)14/h1-2,4H,3H2,(H,11,12)(H,13,14). The number of aromatic amines is 1. The molecule has 2 rings (SSSR count). The number of nitrogens with zero attached hydrogens (tertiary/aromatic N) is 1. The Bertz CT molecular complexity index is 493. The lowest BCUT2D eigenvalue weighted by Crippen LogP contribution is -1.98. The minimum atomic E-state index is -0.884. The highest BCUT2D eigenvalue weighted by atomic mass is 35.5. The van der Waals surface area contributed by atoms with Gasteiger partial charge in [0.2, 0.25) is 0 Å². The fourth-order valence-electron chi connectivity index (χ4n) is 1.38. The largest absolute Gasteiger partial charge is 0.481 e. The minimum absolute atomic E-state index is 0.0502. The molecule has 0 saturated carbocycles. The molecule has 72 valence electrons. The zero-order valence-corrected chi connectivity index (χ0v) is 7.88. The van der Waals surface area contributed by atoms with Crippen LogP contribution in [0.4, 0.5) is 0 Å². The first-order valence-electron chi connectivity index (χ1n) is 4.00. The van der Waals surface area contributed by atoms with Crippen LogP contribution < -0.4 is 0 Å². The average Bonchev–Trinajstić information content (AvgIpc) is 2.49. The zero-order chi connectivity index (χ0) is 10.1. The van der Waals surface area contributed by atoms with Crippen molar-refractivity contribution in [3.05, 3.63) is 29.0 Å². The van der Waals surface area contributed by atoms with Crippen LogP contribution in [0.1, 0.15) is 5.56 Å². The molecule has 0 radical (unpaired) electrons. The molecule has 0 fully saturated rings. The van der Waals surface area contributed by atoms with Crippen molar-refractivity contribution in [3.8, 4) is 0 Å². The molecule has 5 heteroatoms. The summed E-state index contributed by atoms with van der Waals surface area (Å²) >= 11 is 5.93. The predicted octanol–water partition coefficient (Wildman–Crippen LogP) is 1.84. The number of halogens is 1. The quantitative estimate of drug-likeness (QED) is 0.795. The topological polar surface area (TPSA) is 66.0 Å². The van der Waals surface area contributed by atoms with E-state index in [9.17, 15) is 4.79 Å². The predicted molar refractivity (Wildman–Crippen MR) is 52.4 cm³/mol. The first-order valence-corrected chi connectivity index (χ1v) is 4.38. The number of H-pyrrole nitrogens is 1. The highest BCUT2D eigenvalue weighted by Crippen LogP contribution is 2.24. The van der Waals surface area contributed by atoms with Crippen LogP contribution in [-0.4, -0.2) is 21.0 Å². The molecule has 0 amide bonds. The van der Waals surface area contributed by atoms with Gasteiger partial charge in [-0.3, -0.25) is 4.79 Å². The van der Waals surface area contributed by atoms with E-state index in [2.05, 4.69) is 9.97 Å². The highest BCUT2D eigenvalue weighted by molar-refractivity contribution is 6.35. The van der Waals surface area contributed by atoms with Crippen LogP contribution in [0.5, 0.6) is 0 Å². The smallest absolute Gasteiger partial charge is 0.307 e. The Labute approximate surface area is 84.5 Å². The van der Waals surface area contributed by atoms with Gasteiger partial charge in [-0.05, 0) is 11.6 Å². The molecular formula is C9H7ClN2O2. The van der Waals surface area contributed by atoms with Gasteiger partial charge in [0.15, 0.2) is 0 Å². The van der Waals surface area contributed by atoms with Crippen molar-refractivity contribution >= 4 is 28.6 Å². The number of aliphatic carboxylic acids is 1. The van der Waals surface area contributed by atoms with Crippen molar-refractivity contribution < 1.29 is 9.90 Å². The summed E-state index contributed by atoms with van der Waals surface area (Å²) in [5.74, 6) is -0.884. The maximum Gasteiger partial charge on any atom is 0.307 e. The third kappa shape index (κ3) is 1.44. The summed E-state index contributed by atoms with van der Waals surface area (Å²) in [6, 6.07) is 1.64. The fourth-order valence-corrected chi connectivity index (χ4v) is 1.65. The van der Waals surface area contributed by atoms with E-state index in [1.165, 1.54) is 0 Å². The molecule has 0 unspecified atom stereocenters. The van der Waals surface area contributed by atoms with Gasteiger partial charge in [0, 0.05) is 17.8 Å². The zero-order valence-electron chi connectivity index (χ0n) is 7.12. The Morgan fingerprint density at radius 2 is 2.43 bits per heavy atom. The number of hydrogen-bond donors (Lipinski definition) is 2. The van der Waals surface area contributed by atoms with E-state index in [-0.39, 0.29) is 6.42 Å². The van der Waals surface area contributed by atoms with Gasteiger partial charge in [0.25, 0.3) is 0 Å². The van der Waals surface area contributed by atoms with Crippen LogP contribution in [0, 0.1) is 0 Å². The Balaban J connectivity index is 2.61. The first-order chi connectivity index (χ1) is 6.68. The van der Waals surface area contributed by atoms with E-state index in [0.717, 1.165) is 0 Å². The third-order valence-electron chi connectivity index (χ3n) is 1.95. The van der Waals surface area contributed by atoms with Crippen LogP contribution in [0.2, 0.25) is 5.02 Å². The molecule has 4 nitrogen and oxygen atoms in total. The van der Waals surface area contributed by atoms with Gasteiger partial charge in [0.1, 0.15) is 5.65 Å². The summed E-state index contributed by atoms with van der Waals surface area (Å²) in [7, 11) is 0. The molecule has 0 saturated heterocycles. The van der Waals surface area contributed by atoms with Gasteiger partial charge in [0.05, 0.1) is 11.4 Å². The van der Waals surface area contributed by atoms with Crippen LogP contribution >= 0.6 is 11.6 Å². The van der Waals surface area contributed by atoms with Gasteiger partial charge in [-0.2, -0.15) is 0 Å². The summed E-state index contributed by atoms with van der Waals surface area (Å²) in [6.45, 7) is 0. The maximum absolute atomic E-state index is 10.5. The number of carboxylic acid groups (broad SMARTS) is 1. The number of aromatic nitrogens is 2. The Kier molecular flexibility index (Phi) is 2.13. The Hall–Kier alpha value is -1.55. The molecule has 2 N–H and O–H groups in total. The first kappa shape index (κ1) is 9.02. The second kappa shape index (κ2) is 3.31. The van der Waals surface area contributed by atoms with Gasteiger partial charge < -0.3 is 10.1 Å². The van der Waals surface area contributed by atoms with Crippen LogP contribution in [0.15, 0.2) is 18.5 Å². The van der Waals surface area contributed by atoms with Gasteiger partial charge in [-0.15, -0.1) is 0 Å². The molecule has 2 aromatic heterocycles. The molecule has 0 bridgehead atoms. The second-order valence-corrected chi connectivity index (χ2v) is 3.31. The molecule has 0 aromatic carbocycles. The molecule has 0 aliphatic heterocycles.